The van der Waals surface area contributed by atoms with Crippen molar-refractivity contribution in [2.24, 2.45) is 0 Å². The first-order chi connectivity index (χ1) is 9.88. The van der Waals surface area contributed by atoms with Crippen LogP contribution in [0.15, 0.2) is 36.4 Å². The second-order valence-corrected chi connectivity index (χ2v) is 5.16. The smallest absolute Gasteiger partial charge is 0.270 e. The van der Waals surface area contributed by atoms with E-state index in [9.17, 15) is 23.7 Å². The molecule has 0 spiro atoms. The average Bonchev–Trinajstić information content (AvgIpc) is 2.42. The van der Waals surface area contributed by atoms with Gasteiger partial charge in [0.25, 0.3) is 11.6 Å². The molecule has 0 aliphatic rings. The third-order valence-corrected chi connectivity index (χ3v) is 3.48. The van der Waals surface area contributed by atoms with E-state index < -0.39 is 33.7 Å². The Hall–Kier alpha value is -2.10. The molecule has 21 heavy (non-hydrogen) atoms. The molecule has 1 amide bonds. The van der Waals surface area contributed by atoms with Crippen LogP contribution >= 0.6 is 22.6 Å². The molecular weight excluding hydrogens is 397 g/mol. The minimum atomic E-state index is -0.879. The third-order valence-electron chi connectivity index (χ3n) is 2.58. The summed E-state index contributed by atoms with van der Waals surface area (Å²) in [6.07, 6.45) is 0. The number of nitro groups is 1. The Morgan fingerprint density at radius 3 is 2.52 bits per heavy atom. The molecule has 2 rings (SSSR count). The molecule has 8 heteroatoms. The lowest BCUT2D eigenvalue weighted by atomic mass is 10.1. The van der Waals surface area contributed by atoms with Gasteiger partial charge in [0.15, 0.2) is 0 Å². The number of carbonyl (C=O) groups excluding carboxylic acids is 1. The van der Waals surface area contributed by atoms with E-state index in [1.165, 1.54) is 12.1 Å². The van der Waals surface area contributed by atoms with E-state index in [-0.39, 0.29) is 5.69 Å². The number of hydrogen-bond acceptors (Lipinski definition) is 3. The van der Waals surface area contributed by atoms with Crippen LogP contribution in [0, 0.1) is 25.3 Å². The predicted molar refractivity (Wildman–Crippen MR) is 80.1 cm³/mol. The Morgan fingerprint density at radius 2 is 1.90 bits per heavy atom. The SMILES string of the molecule is O=C(Nc1ccc(F)cc1I)c1cc([N+](=O)[O-])ccc1F. The van der Waals surface area contributed by atoms with E-state index in [2.05, 4.69) is 5.32 Å². The van der Waals surface area contributed by atoms with Crippen molar-refractivity contribution in [2.75, 3.05) is 5.32 Å². The van der Waals surface area contributed by atoms with Crippen molar-refractivity contribution in [3.63, 3.8) is 0 Å². The monoisotopic (exact) mass is 404 g/mol. The summed E-state index contributed by atoms with van der Waals surface area (Å²) in [4.78, 5) is 21.9. The highest BCUT2D eigenvalue weighted by atomic mass is 127. The summed E-state index contributed by atoms with van der Waals surface area (Å²) < 4.78 is 27.0. The van der Waals surface area contributed by atoms with Gasteiger partial charge in [-0.1, -0.05) is 0 Å². The Morgan fingerprint density at radius 1 is 1.19 bits per heavy atom. The number of rotatable bonds is 3. The number of nitrogens with zero attached hydrogens (tertiary/aromatic N) is 1. The van der Waals surface area contributed by atoms with Crippen LogP contribution in [-0.4, -0.2) is 10.8 Å². The molecule has 0 saturated heterocycles. The van der Waals surface area contributed by atoms with Crippen LogP contribution in [0.25, 0.3) is 0 Å². The van der Waals surface area contributed by atoms with Crippen LogP contribution in [0.3, 0.4) is 0 Å². The molecule has 0 aromatic heterocycles. The minimum Gasteiger partial charge on any atom is -0.321 e. The van der Waals surface area contributed by atoms with E-state index in [0.29, 0.717) is 3.57 Å². The van der Waals surface area contributed by atoms with Gasteiger partial charge in [0.05, 0.1) is 16.2 Å². The fourth-order valence-electron chi connectivity index (χ4n) is 1.58. The van der Waals surface area contributed by atoms with Gasteiger partial charge in [-0.2, -0.15) is 0 Å². The molecule has 0 fully saturated rings. The third kappa shape index (κ3) is 3.51. The van der Waals surface area contributed by atoms with Crippen molar-refractivity contribution < 1.29 is 18.5 Å². The number of amides is 1. The number of benzene rings is 2. The topological polar surface area (TPSA) is 72.2 Å². The van der Waals surface area contributed by atoms with Crippen molar-refractivity contribution in [3.05, 3.63) is 67.3 Å². The lowest BCUT2D eigenvalue weighted by Gasteiger charge is -2.08. The predicted octanol–water partition coefficient (Wildman–Crippen LogP) is 3.73. The minimum absolute atomic E-state index is 0.285. The zero-order chi connectivity index (χ0) is 15.6. The molecule has 0 heterocycles. The first kappa shape index (κ1) is 15.3. The van der Waals surface area contributed by atoms with Gasteiger partial charge in [-0.15, -0.1) is 0 Å². The standard InChI is InChI=1S/C13H7F2IN2O3/c14-7-1-4-12(11(16)5-7)17-13(19)9-6-8(18(20)21)2-3-10(9)15/h1-6H,(H,17,19). The summed E-state index contributed by atoms with van der Waals surface area (Å²) in [6, 6.07) is 6.32. The molecule has 0 aliphatic carbocycles. The largest absolute Gasteiger partial charge is 0.321 e. The maximum Gasteiger partial charge on any atom is 0.270 e. The van der Waals surface area contributed by atoms with Crippen LogP contribution in [-0.2, 0) is 0 Å². The number of hydrogen-bond donors (Lipinski definition) is 1. The molecule has 0 aliphatic heterocycles. The number of anilines is 1. The van der Waals surface area contributed by atoms with Crippen LogP contribution < -0.4 is 5.32 Å². The van der Waals surface area contributed by atoms with Gasteiger partial charge in [0.1, 0.15) is 11.6 Å². The molecule has 2 aromatic carbocycles. The molecule has 0 saturated carbocycles. The van der Waals surface area contributed by atoms with Crippen LogP contribution in [0.5, 0.6) is 0 Å². The maximum absolute atomic E-state index is 13.6. The van der Waals surface area contributed by atoms with Crippen LogP contribution in [0.1, 0.15) is 10.4 Å². The molecular formula is C13H7F2IN2O3. The second-order valence-electron chi connectivity index (χ2n) is 4.00. The second kappa shape index (κ2) is 6.12. The summed E-state index contributed by atoms with van der Waals surface area (Å²) in [6.45, 7) is 0. The van der Waals surface area contributed by atoms with Crippen molar-refractivity contribution in [1.29, 1.82) is 0 Å². The lowest BCUT2D eigenvalue weighted by Crippen LogP contribution is -2.15. The molecule has 2 aromatic rings. The first-order valence-corrected chi connectivity index (χ1v) is 6.66. The Kier molecular flexibility index (Phi) is 4.46. The van der Waals surface area contributed by atoms with Gasteiger partial charge in [-0.25, -0.2) is 8.78 Å². The maximum atomic E-state index is 13.6. The van der Waals surface area contributed by atoms with Crippen molar-refractivity contribution in [2.45, 2.75) is 0 Å². The molecule has 0 radical (unpaired) electrons. The summed E-state index contributed by atoms with van der Waals surface area (Å²) in [5, 5.41) is 13.0. The number of halogens is 3. The normalized spacial score (nSPS) is 10.2. The van der Waals surface area contributed by atoms with Crippen LogP contribution in [0.4, 0.5) is 20.2 Å². The van der Waals surface area contributed by atoms with E-state index in [0.717, 1.165) is 24.3 Å². The molecule has 5 nitrogen and oxygen atoms in total. The quantitative estimate of drug-likeness (QED) is 0.482. The molecule has 1 N–H and O–H groups in total. The van der Waals surface area contributed by atoms with Gasteiger partial charge in [-0.3, -0.25) is 14.9 Å². The zero-order valence-electron chi connectivity index (χ0n) is 10.3. The van der Waals surface area contributed by atoms with Gasteiger partial charge in [0.2, 0.25) is 0 Å². The summed E-state index contributed by atoms with van der Waals surface area (Å²) in [5.41, 5.74) is -0.562. The van der Waals surface area contributed by atoms with E-state index in [4.69, 9.17) is 0 Å². The molecule has 0 unspecified atom stereocenters. The zero-order valence-corrected chi connectivity index (χ0v) is 12.4. The Bertz CT molecular complexity index is 737. The highest BCUT2D eigenvalue weighted by molar-refractivity contribution is 14.1. The summed E-state index contributed by atoms with van der Waals surface area (Å²) in [7, 11) is 0. The van der Waals surface area contributed by atoms with Gasteiger partial charge in [0, 0.05) is 15.7 Å². The number of nitrogens with one attached hydrogen (secondary N) is 1. The van der Waals surface area contributed by atoms with E-state index in [1.54, 1.807) is 0 Å². The number of carbonyl (C=O) groups is 1. The molecule has 0 bridgehead atoms. The fraction of sp³-hybridized carbons (Fsp3) is 0. The number of nitro benzene ring substituents is 1. The Labute approximate surface area is 131 Å². The van der Waals surface area contributed by atoms with Gasteiger partial charge in [-0.05, 0) is 46.9 Å². The average molecular weight is 404 g/mol. The fourth-order valence-corrected chi connectivity index (χ4v) is 2.19. The summed E-state index contributed by atoms with van der Waals surface area (Å²) >= 11 is 1.81. The van der Waals surface area contributed by atoms with Gasteiger partial charge >= 0.3 is 0 Å². The van der Waals surface area contributed by atoms with E-state index >= 15 is 0 Å². The van der Waals surface area contributed by atoms with Crippen molar-refractivity contribution >= 4 is 39.9 Å². The first-order valence-electron chi connectivity index (χ1n) is 5.59. The van der Waals surface area contributed by atoms with Gasteiger partial charge < -0.3 is 5.32 Å². The summed E-state index contributed by atoms with van der Waals surface area (Å²) in [5.74, 6) is -2.20. The number of non-ortho nitro benzene ring substituents is 1. The van der Waals surface area contributed by atoms with E-state index in [1.807, 2.05) is 22.6 Å². The van der Waals surface area contributed by atoms with Crippen molar-refractivity contribution in [3.8, 4) is 0 Å². The molecule has 0 atom stereocenters. The Balaban J connectivity index is 2.32. The van der Waals surface area contributed by atoms with Crippen molar-refractivity contribution in [1.82, 2.24) is 0 Å². The van der Waals surface area contributed by atoms with Crippen LogP contribution in [0.2, 0.25) is 0 Å². The highest BCUT2D eigenvalue weighted by Crippen LogP contribution is 2.22. The molecule has 108 valence electrons. The lowest BCUT2D eigenvalue weighted by molar-refractivity contribution is -0.384. The highest BCUT2D eigenvalue weighted by Gasteiger charge is 2.17.